The van der Waals surface area contributed by atoms with E-state index in [1.807, 2.05) is 42.6 Å². The Kier molecular flexibility index (Phi) is 3.46. The third kappa shape index (κ3) is 2.69. The minimum absolute atomic E-state index is 0.191. The Labute approximate surface area is 116 Å². The predicted octanol–water partition coefficient (Wildman–Crippen LogP) is 3.62. The maximum atomic E-state index is 13.5. The fraction of sp³-hybridized carbons (Fsp3) is 0.0625. The van der Waals surface area contributed by atoms with Gasteiger partial charge in [0.2, 0.25) is 0 Å². The van der Waals surface area contributed by atoms with E-state index in [0.717, 1.165) is 11.4 Å². The largest absolute Gasteiger partial charge is 0.381 e. The molecular weight excluding hydrogens is 253 g/mol. The Hall–Kier alpha value is -2.62. The zero-order chi connectivity index (χ0) is 13.8. The molecule has 0 aliphatic carbocycles. The molecule has 100 valence electrons. The lowest BCUT2D eigenvalue weighted by Gasteiger charge is -2.09. The summed E-state index contributed by atoms with van der Waals surface area (Å²) in [5.41, 5.74) is 2.55. The molecule has 0 unspecified atom stereocenters. The number of anilines is 1. The SMILES string of the molecule is Fc1ccccc1CNc1cccc(-n2cccn2)c1. The third-order valence-electron chi connectivity index (χ3n) is 3.06. The second kappa shape index (κ2) is 5.57. The molecule has 0 bridgehead atoms. The van der Waals surface area contributed by atoms with Crippen molar-refractivity contribution in [1.29, 1.82) is 0 Å². The van der Waals surface area contributed by atoms with Crippen molar-refractivity contribution in [2.45, 2.75) is 6.54 Å². The van der Waals surface area contributed by atoms with Crippen LogP contribution in [0.1, 0.15) is 5.56 Å². The van der Waals surface area contributed by atoms with Crippen LogP contribution in [0, 0.1) is 5.82 Å². The molecule has 0 aliphatic heterocycles. The zero-order valence-electron chi connectivity index (χ0n) is 10.8. The summed E-state index contributed by atoms with van der Waals surface area (Å²) in [5, 5.41) is 7.41. The van der Waals surface area contributed by atoms with Crippen molar-refractivity contribution in [1.82, 2.24) is 9.78 Å². The highest BCUT2D eigenvalue weighted by molar-refractivity contribution is 5.51. The first-order valence-electron chi connectivity index (χ1n) is 6.40. The first-order chi connectivity index (χ1) is 9.83. The molecule has 0 atom stereocenters. The quantitative estimate of drug-likeness (QED) is 0.782. The summed E-state index contributed by atoms with van der Waals surface area (Å²) in [6, 6.07) is 16.5. The van der Waals surface area contributed by atoms with Crippen LogP contribution in [0.2, 0.25) is 0 Å². The molecule has 1 heterocycles. The highest BCUT2D eigenvalue weighted by Gasteiger charge is 2.01. The zero-order valence-corrected chi connectivity index (χ0v) is 10.8. The van der Waals surface area contributed by atoms with Crippen LogP contribution in [-0.2, 0) is 6.54 Å². The summed E-state index contributed by atoms with van der Waals surface area (Å²) in [7, 11) is 0. The molecular formula is C16H14FN3. The number of aromatic nitrogens is 2. The van der Waals surface area contributed by atoms with Crippen molar-refractivity contribution in [3.63, 3.8) is 0 Å². The molecule has 2 aromatic carbocycles. The second-order valence-corrected chi connectivity index (χ2v) is 4.45. The maximum absolute atomic E-state index is 13.5. The lowest BCUT2D eigenvalue weighted by Crippen LogP contribution is -2.02. The smallest absolute Gasteiger partial charge is 0.128 e. The van der Waals surface area contributed by atoms with Crippen molar-refractivity contribution >= 4 is 5.69 Å². The summed E-state index contributed by atoms with van der Waals surface area (Å²) in [5.74, 6) is -0.191. The lowest BCUT2D eigenvalue weighted by atomic mass is 10.2. The molecule has 3 nitrogen and oxygen atoms in total. The van der Waals surface area contributed by atoms with Crippen molar-refractivity contribution in [2.24, 2.45) is 0 Å². The summed E-state index contributed by atoms with van der Waals surface area (Å²) in [4.78, 5) is 0. The van der Waals surface area contributed by atoms with Gasteiger partial charge >= 0.3 is 0 Å². The number of nitrogens with zero attached hydrogens (tertiary/aromatic N) is 2. The molecule has 0 fully saturated rings. The van der Waals surface area contributed by atoms with Crippen LogP contribution in [-0.4, -0.2) is 9.78 Å². The Morgan fingerprint density at radius 2 is 1.95 bits per heavy atom. The van der Waals surface area contributed by atoms with Gasteiger partial charge in [0.25, 0.3) is 0 Å². The van der Waals surface area contributed by atoms with Crippen molar-refractivity contribution in [3.05, 3.63) is 78.4 Å². The van der Waals surface area contributed by atoms with Crippen molar-refractivity contribution in [2.75, 3.05) is 5.32 Å². The van der Waals surface area contributed by atoms with E-state index in [0.29, 0.717) is 12.1 Å². The van der Waals surface area contributed by atoms with E-state index in [2.05, 4.69) is 10.4 Å². The molecule has 20 heavy (non-hydrogen) atoms. The first-order valence-corrected chi connectivity index (χ1v) is 6.40. The fourth-order valence-corrected chi connectivity index (χ4v) is 2.02. The highest BCUT2D eigenvalue weighted by atomic mass is 19.1. The molecule has 0 saturated carbocycles. The van der Waals surface area contributed by atoms with Gasteiger partial charge in [-0.05, 0) is 30.3 Å². The topological polar surface area (TPSA) is 29.9 Å². The monoisotopic (exact) mass is 267 g/mol. The molecule has 0 amide bonds. The lowest BCUT2D eigenvalue weighted by molar-refractivity contribution is 0.613. The van der Waals surface area contributed by atoms with E-state index in [1.54, 1.807) is 23.0 Å². The van der Waals surface area contributed by atoms with Crippen LogP contribution in [0.25, 0.3) is 5.69 Å². The van der Waals surface area contributed by atoms with Crippen LogP contribution in [0.5, 0.6) is 0 Å². The fourth-order valence-electron chi connectivity index (χ4n) is 2.02. The molecule has 4 heteroatoms. The molecule has 3 rings (SSSR count). The van der Waals surface area contributed by atoms with Crippen LogP contribution >= 0.6 is 0 Å². The van der Waals surface area contributed by atoms with E-state index < -0.39 is 0 Å². The number of hydrogen-bond donors (Lipinski definition) is 1. The molecule has 3 aromatic rings. The minimum atomic E-state index is -0.191. The molecule has 0 radical (unpaired) electrons. The van der Waals surface area contributed by atoms with Gasteiger partial charge in [0, 0.05) is 30.2 Å². The summed E-state index contributed by atoms with van der Waals surface area (Å²) in [6.45, 7) is 0.454. The Bertz CT molecular complexity index is 692. The van der Waals surface area contributed by atoms with Crippen molar-refractivity contribution < 1.29 is 4.39 Å². The maximum Gasteiger partial charge on any atom is 0.128 e. The number of hydrogen-bond acceptors (Lipinski definition) is 2. The summed E-state index contributed by atoms with van der Waals surface area (Å²) < 4.78 is 15.3. The molecule has 1 aromatic heterocycles. The van der Waals surface area contributed by atoms with Crippen LogP contribution in [0.15, 0.2) is 67.0 Å². The highest BCUT2D eigenvalue weighted by Crippen LogP contribution is 2.15. The van der Waals surface area contributed by atoms with Crippen LogP contribution in [0.3, 0.4) is 0 Å². The molecule has 1 N–H and O–H groups in total. The Morgan fingerprint density at radius 3 is 2.75 bits per heavy atom. The van der Waals surface area contributed by atoms with Gasteiger partial charge < -0.3 is 5.32 Å². The van der Waals surface area contributed by atoms with Gasteiger partial charge in [0.05, 0.1) is 5.69 Å². The van der Waals surface area contributed by atoms with E-state index in [-0.39, 0.29) is 5.82 Å². The third-order valence-corrected chi connectivity index (χ3v) is 3.06. The van der Waals surface area contributed by atoms with Crippen LogP contribution < -0.4 is 5.32 Å². The van der Waals surface area contributed by atoms with Crippen LogP contribution in [0.4, 0.5) is 10.1 Å². The standard InChI is InChI=1S/C16H14FN3/c17-16-8-2-1-5-13(16)12-18-14-6-3-7-15(11-14)20-10-4-9-19-20/h1-11,18H,12H2. The normalized spacial score (nSPS) is 10.4. The van der Waals surface area contributed by atoms with Gasteiger partial charge in [-0.3, -0.25) is 0 Å². The average Bonchev–Trinajstić information content (AvgIpc) is 3.01. The van der Waals surface area contributed by atoms with Gasteiger partial charge in [0.1, 0.15) is 5.82 Å². The second-order valence-electron chi connectivity index (χ2n) is 4.45. The first kappa shape index (κ1) is 12.4. The van der Waals surface area contributed by atoms with E-state index >= 15 is 0 Å². The van der Waals surface area contributed by atoms with Gasteiger partial charge in [-0.15, -0.1) is 0 Å². The summed E-state index contributed by atoms with van der Waals surface area (Å²) >= 11 is 0. The Morgan fingerprint density at radius 1 is 1.05 bits per heavy atom. The molecule has 0 spiro atoms. The summed E-state index contributed by atoms with van der Waals surface area (Å²) in [6.07, 6.45) is 3.62. The number of halogens is 1. The number of nitrogens with one attached hydrogen (secondary N) is 1. The molecule has 0 saturated heterocycles. The number of benzene rings is 2. The van der Waals surface area contributed by atoms with E-state index in [4.69, 9.17) is 0 Å². The number of rotatable bonds is 4. The van der Waals surface area contributed by atoms with E-state index in [1.165, 1.54) is 6.07 Å². The van der Waals surface area contributed by atoms with Gasteiger partial charge in [-0.25, -0.2) is 9.07 Å². The van der Waals surface area contributed by atoms with Gasteiger partial charge in [-0.2, -0.15) is 5.10 Å². The van der Waals surface area contributed by atoms with E-state index in [9.17, 15) is 4.39 Å². The average molecular weight is 267 g/mol. The molecule has 0 aliphatic rings. The van der Waals surface area contributed by atoms with Gasteiger partial charge in [-0.1, -0.05) is 24.3 Å². The Balaban J connectivity index is 1.75. The minimum Gasteiger partial charge on any atom is -0.381 e. The van der Waals surface area contributed by atoms with Crippen molar-refractivity contribution in [3.8, 4) is 5.69 Å². The van der Waals surface area contributed by atoms with Gasteiger partial charge in [0.15, 0.2) is 0 Å². The predicted molar refractivity (Wildman–Crippen MR) is 77.3 cm³/mol.